The second-order valence-corrected chi connectivity index (χ2v) is 19.2. The van der Waals surface area contributed by atoms with Crippen molar-refractivity contribution >= 4 is 17.9 Å². The molecule has 0 spiro atoms. The van der Waals surface area contributed by atoms with Crippen molar-refractivity contribution < 1.29 is 28.6 Å². The summed E-state index contributed by atoms with van der Waals surface area (Å²) in [7, 11) is 0. The lowest BCUT2D eigenvalue weighted by Gasteiger charge is -2.18. The first-order valence-electron chi connectivity index (χ1n) is 28.8. The van der Waals surface area contributed by atoms with Crippen molar-refractivity contribution in [3.63, 3.8) is 0 Å². The summed E-state index contributed by atoms with van der Waals surface area (Å²) in [5, 5.41) is 0. The molecule has 0 radical (unpaired) electrons. The van der Waals surface area contributed by atoms with Crippen molar-refractivity contribution in [1.29, 1.82) is 0 Å². The largest absolute Gasteiger partial charge is 0.462 e. The second-order valence-electron chi connectivity index (χ2n) is 19.2. The molecule has 0 unspecified atom stereocenters. The Morgan fingerprint density at radius 3 is 0.910 bits per heavy atom. The number of carbonyl (C=O) groups excluding carboxylic acids is 3. The smallest absolute Gasteiger partial charge is 0.306 e. The summed E-state index contributed by atoms with van der Waals surface area (Å²) in [4.78, 5) is 38.1. The molecule has 0 bridgehead atoms. The van der Waals surface area contributed by atoms with E-state index in [1.54, 1.807) is 0 Å². The van der Waals surface area contributed by atoms with Crippen molar-refractivity contribution in [2.75, 3.05) is 13.2 Å². The molecule has 0 fully saturated rings. The van der Waals surface area contributed by atoms with Crippen LogP contribution in [-0.4, -0.2) is 37.2 Å². The van der Waals surface area contributed by atoms with E-state index in [0.29, 0.717) is 19.3 Å². The third-order valence-electron chi connectivity index (χ3n) is 12.5. The number of hydrogen-bond acceptors (Lipinski definition) is 6. The Labute approximate surface area is 415 Å². The van der Waals surface area contributed by atoms with E-state index in [1.165, 1.54) is 154 Å². The average Bonchev–Trinajstić information content (AvgIpc) is 3.33. The van der Waals surface area contributed by atoms with Gasteiger partial charge < -0.3 is 14.2 Å². The lowest BCUT2D eigenvalue weighted by atomic mass is 10.0. The molecular formula is C61H108O6. The lowest BCUT2D eigenvalue weighted by molar-refractivity contribution is -0.167. The summed E-state index contributed by atoms with van der Waals surface area (Å²) >= 11 is 0. The van der Waals surface area contributed by atoms with Gasteiger partial charge >= 0.3 is 17.9 Å². The first kappa shape index (κ1) is 64.1. The fourth-order valence-corrected chi connectivity index (χ4v) is 8.24. The molecule has 0 aliphatic carbocycles. The van der Waals surface area contributed by atoms with Gasteiger partial charge in [-0.05, 0) is 64.2 Å². The fourth-order valence-electron chi connectivity index (χ4n) is 8.24. The van der Waals surface area contributed by atoms with Crippen molar-refractivity contribution in [2.24, 2.45) is 0 Å². The summed E-state index contributed by atoms with van der Waals surface area (Å²) in [5.74, 6) is -0.902. The Kier molecular flexibility index (Phi) is 53.3. The van der Waals surface area contributed by atoms with Gasteiger partial charge in [-0.25, -0.2) is 0 Å². The SMILES string of the molecule is CC/C=C\C/C=C\C/C=C\C/C=C\C/C=C\CCCCCC(=O)OC[C@@H](COC(=O)CCCCCCCCCCCCC)OC(=O)CCCCCCCCCCCCCCCCCCCCC. The van der Waals surface area contributed by atoms with Crippen LogP contribution in [0.1, 0.15) is 290 Å². The Balaban J connectivity index is 4.36. The highest BCUT2D eigenvalue weighted by molar-refractivity contribution is 5.71. The van der Waals surface area contributed by atoms with E-state index in [2.05, 4.69) is 81.5 Å². The summed E-state index contributed by atoms with van der Waals surface area (Å²) in [6, 6.07) is 0. The van der Waals surface area contributed by atoms with Crippen molar-refractivity contribution in [3.05, 3.63) is 60.8 Å². The van der Waals surface area contributed by atoms with Crippen LogP contribution in [-0.2, 0) is 28.6 Å². The van der Waals surface area contributed by atoms with Crippen LogP contribution in [0, 0.1) is 0 Å². The van der Waals surface area contributed by atoms with Gasteiger partial charge in [0.2, 0.25) is 0 Å². The van der Waals surface area contributed by atoms with Gasteiger partial charge in [-0.3, -0.25) is 14.4 Å². The number of ether oxygens (including phenoxy) is 3. The molecule has 0 N–H and O–H groups in total. The minimum atomic E-state index is -0.784. The molecule has 0 rings (SSSR count). The minimum absolute atomic E-state index is 0.0810. The normalized spacial score (nSPS) is 12.5. The number of carbonyl (C=O) groups is 3. The van der Waals surface area contributed by atoms with E-state index in [0.717, 1.165) is 96.3 Å². The molecule has 67 heavy (non-hydrogen) atoms. The van der Waals surface area contributed by atoms with Gasteiger partial charge in [0.05, 0.1) is 0 Å². The van der Waals surface area contributed by atoms with Gasteiger partial charge in [0.1, 0.15) is 13.2 Å². The van der Waals surface area contributed by atoms with Gasteiger partial charge in [0.15, 0.2) is 6.10 Å². The standard InChI is InChI=1S/C61H108O6/c1-4-7-10-13-16-19-22-24-26-28-30-32-34-36-39-42-45-48-51-54-60(63)66-57-58(56-65-59(62)53-50-47-44-41-38-21-18-15-12-9-6-3)67-61(64)55-52-49-46-43-40-37-35-33-31-29-27-25-23-20-17-14-11-8-5-2/h7,10,16,19,24,26,30,32,36,39,58H,4-6,8-9,11-15,17-18,20-23,25,27-29,31,33-35,37-38,40-57H2,1-3H3/b10-7-,19-16-,26-24-,32-30-,39-36-/t58-/m1/s1. The molecule has 0 aromatic rings. The molecule has 388 valence electrons. The predicted molar refractivity (Wildman–Crippen MR) is 288 cm³/mol. The summed E-state index contributed by atoms with van der Waals surface area (Å²) in [6.07, 6.45) is 69.3. The van der Waals surface area contributed by atoms with Crippen LogP contribution in [0.2, 0.25) is 0 Å². The molecule has 0 saturated heterocycles. The van der Waals surface area contributed by atoms with Gasteiger partial charge in [-0.2, -0.15) is 0 Å². The van der Waals surface area contributed by atoms with Crippen molar-refractivity contribution in [1.82, 2.24) is 0 Å². The molecule has 0 aliphatic heterocycles. The molecule has 0 aromatic heterocycles. The van der Waals surface area contributed by atoms with Crippen molar-refractivity contribution in [3.8, 4) is 0 Å². The lowest BCUT2D eigenvalue weighted by Crippen LogP contribution is -2.30. The highest BCUT2D eigenvalue weighted by Gasteiger charge is 2.19. The van der Waals surface area contributed by atoms with E-state index < -0.39 is 6.10 Å². The van der Waals surface area contributed by atoms with Gasteiger partial charge in [-0.15, -0.1) is 0 Å². The van der Waals surface area contributed by atoms with Crippen LogP contribution in [0.4, 0.5) is 0 Å². The van der Waals surface area contributed by atoms with Crippen LogP contribution in [0.15, 0.2) is 60.8 Å². The van der Waals surface area contributed by atoms with Gasteiger partial charge in [-0.1, -0.05) is 268 Å². The first-order valence-corrected chi connectivity index (χ1v) is 28.8. The van der Waals surface area contributed by atoms with Crippen LogP contribution in [0.3, 0.4) is 0 Å². The molecule has 0 saturated carbocycles. The molecule has 6 heteroatoms. The molecule has 0 heterocycles. The topological polar surface area (TPSA) is 78.9 Å². The summed E-state index contributed by atoms with van der Waals surface area (Å²) < 4.78 is 16.8. The van der Waals surface area contributed by atoms with Gasteiger partial charge in [0, 0.05) is 19.3 Å². The monoisotopic (exact) mass is 937 g/mol. The molecule has 6 nitrogen and oxygen atoms in total. The average molecular weight is 938 g/mol. The van der Waals surface area contributed by atoms with Crippen LogP contribution in [0.25, 0.3) is 0 Å². The van der Waals surface area contributed by atoms with E-state index in [-0.39, 0.29) is 31.1 Å². The first-order chi connectivity index (χ1) is 33.0. The molecular weight excluding hydrogens is 829 g/mol. The fraction of sp³-hybridized carbons (Fsp3) is 0.787. The van der Waals surface area contributed by atoms with Crippen molar-refractivity contribution in [2.45, 2.75) is 297 Å². The number of rotatable bonds is 52. The van der Waals surface area contributed by atoms with E-state index in [4.69, 9.17) is 14.2 Å². The van der Waals surface area contributed by atoms with E-state index >= 15 is 0 Å². The molecule has 0 aliphatic rings. The zero-order valence-electron chi connectivity index (χ0n) is 44.4. The third-order valence-corrected chi connectivity index (χ3v) is 12.5. The van der Waals surface area contributed by atoms with E-state index in [9.17, 15) is 14.4 Å². The third kappa shape index (κ3) is 53.9. The molecule has 1 atom stereocenters. The second kappa shape index (κ2) is 55.7. The minimum Gasteiger partial charge on any atom is -0.462 e. The predicted octanol–water partition coefficient (Wildman–Crippen LogP) is 19.2. The van der Waals surface area contributed by atoms with Gasteiger partial charge in [0.25, 0.3) is 0 Å². The highest BCUT2D eigenvalue weighted by Crippen LogP contribution is 2.16. The number of hydrogen-bond donors (Lipinski definition) is 0. The maximum Gasteiger partial charge on any atom is 0.306 e. The zero-order chi connectivity index (χ0) is 48.6. The zero-order valence-corrected chi connectivity index (χ0v) is 44.4. The summed E-state index contributed by atoms with van der Waals surface area (Å²) in [5.41, 5.74) is 0. The van der Waals surface area contributed by atoms with Crippen LogP contribution < -0.4 is 0 Å². The number of unbranched alkanes of at least 4 members (excludes halogenated alkanes) is 31. The highest BCUT2D eigenvalue weighted by atomic mass is 16.6. The Bertz CT molecular complexity index is 1210. The van der Waals surface area contributed by atoms with E-state index in [1.807, 2.05) is 0 Å². The number of esters is 3. The Morgan fingerprint density at radius 1 is 0.313 bits per heavy atom. The quantitative estimate of drug-likeness (QED) is 0.0262. The maximum atomic E-state index is 12.9. The van der Waals surface area contributed by atoms with Crippen LogP contribution in [0.5, 0.6) is 0 Å². The number of allylic oxidation sites excluding steroid dienone is 10. The molecule has 0 amide bonds. The Hall–Kier alpha value is -2.89. The summed E-state index contributed by atoms with van der Waals surface area (Å²) in [6.45, 7) is 6.52. The molecule has 0 aromatic carbocycles. The van der Waals surface area contributed by atoms with Crippen LogP contribution >= 0.6 is 0 Å². The maximum absolute atomic E-state index is 12.9. The Morgan fingerprint density at radius 2 is 0.582 bits per heavy atom.